The summed E-state index contributed by atoms with van der Waals surface area (Å²) in [4.78, 5) is 39.6. The summed E-state index contributed by atoms with van der Waals surface area (Å²) in [6, 6.07) is 3.05. The van der Waals surface area contributed by atoms with E-state index >= 15 is 0 Å². The molecule has 0 fully saturated rings. The zero-order valence-electron chi connectivity index (χ0n) is 23.1. The Morgan fingerprint density at radius 3 is 2.00 bits per heavy atom. The number of aliphatic hydroxyl groups excluding tert-OH is 1. The minimum Gasteiger partial charge on any atom is -0.500 e. The van der Waals surface area contributed by atoms with Crippen LogP contribution in [0.4, 0.5) is 0 Å². The number of rotatable bonds is 15. The Hall–Kier alpha value is -3.65. The van der Waals surface area contributed by atoms with Crippen LogP contribution in [0.15, 0.2) is 46.3 Å². The van der Waals surface area contributed by atoms with E-state index < -0.39 is 34.8 Å². The second-order valence-corrected chi connectivity index (χ2v) is 9.61. The lowest BCUT2D eigenvalue weighted by atomic mass is 10.0. The zero-order chi connectivity index (χ0) is 29.2. The minimum atomic E-state index is -1.18. The predicted octanol–water partition coefficient (Wildman–Crippen LogP) is -0.538. The Morgan fingerprint density at radius 2 is 1.40 bits per heavy atom. The highest BCUT2D eigenvalue weighted by Crippen LogP contribution is 2.20. The average Bonchev–Trinajstić information content (AvgIpc) is 2.93. The smallest absolute Gasteiger partial charge is 0.296 e. The number of aromatic hydroxyl groups is 2. The fourth-order valence-corrected chi connectivity index (χ4v) is 3.98. The van der Waals surface area contributed by atoms with Crippen molar-refractivity contribution in [3.63, 3.8) is 0 Å². The van der Waals surface area contributed by atoms with Crippen LogP contribution in [0.1, 0.15) is 6.42 Å². The molecule has 1 aliphatic rings. The Morgan fingerprint density at radius 1 is 0.850 bits per heavy atom. The van der Waals surface area contributed by atoms with Gasteiger partial charge in [0.05, 0.1) is 6.61 Å². The van der Waals surface area contributed by atoms with Crippen molar-refractivity contribution in [3.8, 4) is 23.0 Å². The maximum atomic E-state index is 11.9. The summed E-state index contributed by atoms with van der Waals surface area (Å²) in [6.45, 7) is 3.39. The van der Waals surface area contributed by atoms with E-state index in [1.807, 2.05) is 11.9 Å². The first kappa shape index (κ1) is 30.9. The quantitative estimate of drug-likeness (QED) is 0.240. The number of Topliss-reactive ketones (excluding diaryl/α,β-unsaturated/α-hetero) is 1. The molecule has 2 aromatic rings. The lowest BCUT2D eigenvalue weighted by Gasteiger charge is -2.27. The van der Waals surface area contributed by atoms with Crippen LogP contribution < -0.4 is 20.6 Å². The molecular weight excluding hydrogens is 524 g/mol. The lowest BCUT2D eigenvalue weighted by Crippen LogP contribution is -2.41. The Bertz CT molecular complexity index is 1290. The highest BCUT2D eigenvalue weighted by atomic mass is 16.5. The maximum Gasteiger partial charge on any atom is 0.296 e. The third-order valence-electron chi connectivity index (χ3n) is 6.61. The Labute approximate surface area is 232 Å². The number of carbonyl (C=O) groups excluding carboxylic acids is 1. The van der Waals surface area contributed by atoms with Crippen molar-refractivity contribution in [1.29, 1.82) is 0 Å². The van der Waals surface area contributed by atoms with Crippen LogP contribution in [0.3, 0.4) is 0 Å². The molecule has 3 N–H and O–H groups in total. The molecule has 0 spiro atoms. The molecule has 13 nitrogen and oxygen atoms in total. The van der Waals surface area contributed by atoms with Gasteiger partial charge < -0.3 is 43.6 Å². The fourth-order valence-electron chi connectivity index (χ4n) is 3.98. The third kappa shape index (κ3) is 8.42. The van der Waals surface area contributed by atoms with Gasteiger partial charge in [0.25, 0.3) is 11.1 Å². The van der Waals surface area contributed by atoms with E-state index in [1.165, 1.54) is 40.7 Å². The van der Waals surface area contributed by atoms with Gasteiger partial charge >= 0.3 is 0 Å². The molecular formula is C27H38N4O9. The van der Waals surface area contributed by atoms with Crippen molar-refractivity contribution in [2.45, 2.75) is 18.6 Å². The molecule has 13 heteroatoms. The highest BCUT2D eigenvalue weighted by Gasteiger charge is 2.27. The summed E-state index contributed by atoms with van der Waals surface area (Å²) in [5.41, 5.74) is -1.08. The zero-order valence-corrected chi connectivity index (χ0v) is 23.1. The van der Waals surface area contributed by atoms with Crippen LogP contribution >= 0.6 is 0 Å². The third-order valence-corrected chi connectivity index (χ3v) is 6.61. The van der Waals surface area contributed by atoms with Gasteiger partial charge in [-0.05, 0) is 7.05 Å². The van der Waals surface area contributed by atoms with Crippen LogP contribution in [-0.4, -0.2) is 112 Å². The van der Waals surface area contributed by atoms with E-state index in [0.29, 0.717) is 32.7 Å². The van der Waals surface area contributed by atoms with Gasteiger partial charge in [0, 0.05) is 77.8 Å². The summed E-state index contributed by atoms with van der Waals surface area (Å²) in [7, 11) is 4.98. The molecule has 0 bridgehead atoms. The van der Waals surface area contributed by atoms with Gasteiger partial charge in [0.1, 0.15) is 25.4 Å². The second kappa shape index (κ2) is 14.7. The molecule has 40 heavy (non-hydrogen) atoms. The van der Waals surface area contributed by atoms with E-state index in [4.69, 9.17) is 14.2 Å². The summed E-state index contributed by atoms with van der Waals surface area (Å²) in [6.07, 6.45) is 4.73. The SMILES string of the molecule is CN(CCOc1ccn(C)c(=O)c1O)CCN(CCOc1ccn(C)c(=O)c1O)CCOC1C=CCC(=O)C1O. The minimum absolute atomic E-state index is 0.0986. The van der Waals surface area contributed by atoms with Crippen LogP contribution in [-0.2, 0) is 23.6 Å². The normalized spacial score (nSPS) is 17.1. The van der Waals surface area contributed by atoms with Gasteiger partial charge in [-0.1, -0.05) is 12.2 Å². The van der Waals surface area contributed by atoms with Gasteiger partial charge in [-0.25, -0.2) is 0 Å². The number of ether oxygens (including phenoxy) is 3. The largest absolute Gasteiger partial charge is 0.500 e. The summed E-state index contributed by atoms with van der Waals surface area (Å²) in [5, 5.41) is 30.1. The van der Waals surface area contributed by atoms with Crippen LogP contribution in [0.5, 0.6) is 23.0 Å². The van der Waals surface area contributed by atoms with E-state index in [0.717, 1.165) is 0 Å². The molecule has 0 saturated carbocycles. The average molecular weight is 563 g/mol. The number of aliphatic hydroxyl groups is 1. The number of carbonyl (C=O) groups is 1. The Balaban J connectivity index is 1.51. The van der Waals surface area contributed by atoms with Crippen molar-refractivity contribution in [2.75, 3.05) is 59.6 Å². The van der Waals surface area contributed by atoms with Crippen LogP contribution in [0, 0.1) is 0 Å². The number of hydrogen-bond donors (Lipinski definition) is 3. The van der Waals surface area contributed by atoms with Gasteiger partial charge in [0.2, 0.25) is 11.5 Å². The van der Waals surface area contributed by atoms with Crippen LogP contribution in [0.25, 0.3) is 0 Å². The number of hydrogen-bond acceptors (Lipinski definition) is 11. The lowest BCUT2D eigenvalue weighted by molar-refractivity contribution is -0.133. The number of pyridine rings is 2. The number of aromatic nitrogens is 2. The van der Waals surface area contributed by atoms with Gasteiger partial charge in [0.15, 0.2) is 17.3 Å². The standard InChI is InChI=1S/C27H38N4O9/c1-28(13-16-38-21-7-9-29(2)26(36)24(21)34)11-12-31(14-17-39-20-6-4-5-19(32)23(20)33)15-18-40-22-8-10-30(3)27(37)25(22)35/h4,6-10,20,23,33-35H,5,11-18H2,1-3H3. The maximum absolute atomic E-state index is 11.9. The van der Waals surface area contributed by atoms with E-state index in [1.54, 1.807) is 19.2 Å². The summed E-state index contributed by atoms with van der Waals surface area (Å²) in [5.74, 6) is -0.935. The van der Waals surface area contributed by atoms with Crippen molar-refractivity contribution in [1.82, 2.24) is 18.9 Å². The first-order chi connectivity index (χ1) is 19.1. The summed E-state index contributed by atoms with van der Waals surface area (Å²) >= 11 is 0. The second-order valence-electron chi connectivity index (χ2n) is 9.61. The number of likely N-dealkylation sites (N-methyl/N-ethyl adjacent to an activating group) is 1. The van der Waals surface area contributed by atoms with Crippen molar-refractivity contribution in [3.05, 3.63) is 57.4 Å². The molecule has 2 heterocycles. The first-order valence-corrected chi connectivity index (χ1v) is 13.0. The molecule has 220 valence electrons. The molecule has 1 aliphatic carbocycles. The van der Waals surface area contributed by atoms with E-state index in [9.17, 15) is 29.7 Å². The molecule has 0 aromatic carbocycles. The molecule has 2 atom stereocenters. The first-order valence-electron chi connectivity index (χ1n) is 13.0. The van der Waals surface area contributed by atoms with Crippen molar-refractivity contribution in [2.24, 2.45) is 14.1 Å². The molecule has 0 saturated heterocycles. The molecule has 0 radical (unpaired) electrons. The summed E-state index contributed by atoms with van der Waals surface area (Å²) < 4.78 is 19.5. The van der Waals surface area contributed by atoms with E-state index in [2.05, 4.69) is 4.90 Å². The number of aryl methyl sites for hydroxylation is 2. The predicted molar refractivity (Wildman–Crippen MR) is 146 cm³/mol. The van der Waals surface area contributed by atoms with Gasteiger partial charge in [-0.15, -0.1) is 0 Å². The fraction of sp³-hybridized carbons (Fsp3) is 0.519. The molecule has 2 aromatic heterocycles. The van der Waals surface area contributed by atoms with Crippen molar-refractivity contribution >= 4 is 5.78 Å². The van der Waals surface area contributed by atoms with Gasteiger partial charge in [-0.2, -0.15) is 0 Å². The molecule has 0 aliphatic heterocycles. The molecule has 0 amide bonds. The number of nitrogens with zero attached hydrogens (tertiary/aromatic N) is 4. The van der Waals surface area contributed by atoms with Crippen molar-refractivity contribution < 1.29 is 34.3 Å². The van der Waals surface area contributed by atoms with Crippen LogP contribution in [0.2, 0.25) is 0 Å². The number of allylic oxidation sites excluding steroid dienone is 1. The molecule has 3 rings (SSSR count). The Kier molecular flexibility index (Phi) is 11.3. The topological polar surface area (TPSA) is 156 Å². The highest BCUT2D eigenvalue weighted by molar-refractivity contribution is 5.86. The molecule has 2 unspecified atom stereocenters. The monoisotopic (exact) mass is 562 g/mol. The van der Waals surface area contributed by atoms with Gasteiger partial charge in [-0.3, -0.25) is 19.3 Å². The van der Waals surface area contributed by atoms with E-state index in [-0.39, 0.29) is 43.5 Å². The number of ketones is 1.